The van der Waals surface area contributed by atoms with Crippen LogP contribution in [0.3, 0.4) is 0 Å². The molecule has 46 heavy (non-hydrogen) atoms. The van der Waals surface area contributed by atoms with E-state index >= 15 is 0 Å². The number of ketones is 1. The highest BCUT2D eigenvalue weighted by Crippen LogP contribution is 2.42. The summed E-state index contributed by atoms with van der Waals surface area (Å²) < 4.78 is 22.0. The van der Waals surface area contributed by atoms with Gasteiger partial charge in [-0.3, -0.25) is 4.42 Å². The number of ether oxygens (including phenoxy) is 3. The van der Waals surface area contributed by atoms with Gasteiger partial charge in [0.15, 0.2) is 0 Å². The van der Waals surface area contributed by atoms with Gasteiger partial charge in [-0.15, -0.1) is 0 Å². The minimum atomic E-state index is 0.815. The lowest BCUT2D eigenvalue weighted by molar-refractivity contribution is -0.417. The third-order valence-corrected chi connectivity index (χ3v) is 8.20. The first-order valence-electron chi connectivity index (χ1n) is 15.1. The lowest BCUT2D eigenvalue weighted by Crippen LogP contribution is -2.07. The van der Waals surface area contributed by atoms with Gasteiger partial charge in [0.2, 0.25) is 0 Å². The Morgan fingerprint density at radius 1 is 0.457 bits per heavy atom. The van der Waals surface area contributed by atoms with Gasteiger partial charge in [-0.25, -0.2) is 0 Å². The zero-order valence-electron chi connectivity index (χ0n) is 26.5. The smallest absolute Gasteiger partial charge is 0.343 e. The van der Waals surface area contributed by atoms with E-state index < -0.39 is 0 Å². The minimum absolute atomic E-state index is 0.815. The van der Waals surface area contributed by atoms with E-state index in [1.54, 1.807) is 28.4 Å². The van der Waals surface area contributed by atoms with Crippen LogP contribution in [-0.2, 0) is 4.42 Å². The van der Waals surface area contributed by atoms with E-state index in [0.29, 0.717) is 0 Å². The Morgan fingerprint density at radius 2 is 0.870 bits per heavy atom. The Labute approximate surface area is 271 Å². The van der Waals surface area contributed by atoms with Crippen LogP contribution in [0.5, 0.6) is 17.2 Å². The predicted octanol–water partition coefficient (Wildman–Crippen LogP) is 9.06. The van der Waals surface area contributed by atoms with E-state index in [9.17, 15) is 0 Å². The topological polar surface area (TPSA) is 39.0 Å². The van der Waals surface area contributed by atoms with Crippen LogP contribution in [0.1, 0.15) is 27.8 Å². The van der Waals surface area contributed by atoms with Gasteiger partial charge in [-0.05, 0) is 98.6 Å². The van der Waals surface area contributed by atoms with E-state index in [4.69, 9.17) is 18.6 Å². The summed E-state index contributed by atoms with van der Waals surface area (Å²) in [4.78, 5) is 0. The average Bonchev–Trinajstić information content (AvgIpc) is 3.13. The highest BCUT2D eigenvalue weighted by atomic mass is 16.5. The highest BCUT2D eigenvalue weighted by Gasteiger charge is 2.24. The third kappa shape index (κ3) is 6.29. The Kier molecular flexibility index (Phi) is 9.26. The van der Waals surface area contributed by atoms with E-state index in [2.05, 4.69) is 97.1 Å². The standard InChI is InChI=1S/C42H36O4/c1-43-33-21-13-29(14-22-33)41(30-15-23-34(44-2)24-16-30)39-11-7-5-9-37(39)38-10-6-8-12-40(38)42(31-17-25-35(45-3)26-18-31)32-19-27-36(46-4)28-20-32/h5-28H,1-4H3/q+1. The zero-order chi connectivity index (χ0) is 31.9. The van der Waals surface area contributed by atoms with E-state index in [0.717, 1.165) is 79.0 Å². The van der Waals surface area contributed by atoms with Crippen molar-refractivity contribution in [3.63, 3.8) is 0 Å². The Balaban J connectivity index is 1.58. The van der Waals surface area contributed by atoms with Crippen LogP contribution in [0.4, 0.5) is 0 Å². The minimum Gasteiger partial charge on any atom is -0.497 e. The second kappa shape index (κ2) is 14.0. The second-order valence-electron chi connectivity index (χ2n) is 10.8. The van der Waals surface area contributed by atoms with Gasteiger partial charge in [0.25, 0.3) is 7.11 Å². The molecule has 0 spiro atoms. The number of hydrogen-bond acceptors (Lipinski definition) is 3. The third-order valence-electron chi connectivity index (χ3n) is 8.20. The lowest BCUT2D eigenvalue weighted by Gasteiger charge is -2.24. The molecule has 0 heterocycles. The molecular formula is C42H36O4+. The molecular weight excluding hydrogens is 568 g/mol. The summed E-state index contributed by atoms with van der Waals surface area (Å²) in [7, 11) is 6.76. The maximum atomic E-state index is 5.49. The molecule has 0 fully saturated rings. The molecule has 1 aliphatic carbocycles. The number of methoxy groups -OCH3 is 3. The van der Waals surface area contributed by atoms with Crippen molar-refractivity contribution < 1.29 is 18.6 Å². The molecule has 0 amide bonds. The van der Waals surface area contributed by atoms with E-state index in [1.807, 2.05) is 48.6 Å². The van der Waals surface area contributed by atoms with Gasteiger partial charge in [-0.1, -0.05) is 84.9 Å². The normalized spacial score (nSPS) is 12.3. The summed E-state index contributed by atoms with van der Waals surface area (Å²) >= 11 is 0. The molecule has 227 valence electrons. The molecule has 0 bridgehead atoms. The van der Waals surface area contributed by atoms with Crippen molar-refractivity contribution in [2.24, 2.45) is 0 Å². The highest BCUT2D eigenvalue weighted by molar-refractivity contribution is 6.04. The van der Waals surface area contributed by atoms with E-state index in [-0.39, 0.29) is 0 Å². The molecule has 5 aromatic carbocycles. The van der Waals surface area contributed by atoms with Crippen LogP contribution < -0.4 is 14.2 Å². The molecule has 5 aromatic rings. The Morgan fingerprint density at radius 3 is 1.33 bits per heavy atom. The van der Waals surface area contributed by atoms with Crippen LogP contribution in [0.2, 0.25) is 0 Å². The molecule has 0 N–H and O–H groups in total. The first-order valence-corrected chi connectivity index (χ1v) is 15.1. The largest absolute Gasteiger partial charge is 0.497 e. The fraction of sp³-hybridized carbons (Fsp3) is 0.0952. The first-order chi connectivity index (χ1) is 22.6. The SMILES string of the molecule is COc1ccc([C](c2ccc(OC)cc2)c2ccccc2-c2ccccc2C(=C2C=CC(=[O+]C)C=C2)c2ccc(OC)cc2)cc1. The molecule has 4 nitrogen and oxygen atoms in total. The number of rotatable bonds is 9. The molecule has 1 radical (unpaired) electrons. The zero-order valence-corrected chi connectivity index (χ0v) is 26.5. The summed E-state index contributed by atoms with van der Waals surface area (Å²) in [6, 6.07) is 42.0. The fourth-order valence-electron chi connectivity index (χ4n) is 5.86. The van der Waals surface area contributed by atoms with Crippen LogP contribution in [0.15, 0.2) is 151 Å². The van der Waals surface area contributed by atoms with Crippen molar-refractivity contribution in [3.05, 3.63) is 185 Å². The summed E-state index contributed by atoms with van der Waals surface area (Å²) in [5.41, 5.74) is 9.96. The molecule has 0 atom stereocenters. The second-order valence-corrected chi connectivity index (χ2v) is 10.8. The maximum Gasteiger partial charge on any atom is 0.343 e. The summed E-state index contributed by atoms with van der Waals surface area (Å²) in [5, 5.41) is 0. The van der Waals surface area contributed by atoms with Crippen LogP contribution in [0.25, 0.3) is 16.7 Å². The Bertz CT molecular complexity index is 1860. The van der Waals surface area contributed by atoms with Crippen molar-refractivity contribution in [1.82, 2.24) is 0 Å². The predicted molar refractivity (Wildman–Crippen MR) is 187 cm³/mol. The van der Waals surface area contributed by atoms with Crippen molar-refractivity contribution in [2.45, 2.75) is 0 Å². The number of allylic oxidation sites excluding steroid dienone is 5. The molecule has 1 aliphatic rings. The summed E-state index contributed by atoms with van der Waals surface area (Å²) in [6.07, 6.45) is 8.25. The van der Waals surface area contributed by atoms with E-state index in [1.165, 1.54) is 0 Å². The van der Waals surface area contributed by atoms with Gasteiger partial charge >= 0.3 is 5.78 Å². The summed E-state index contributed by atoms with van der Waals surface area (Å²) in [5.74, 6) is 4.37. The van der Waals surface area contributed by atoms with Crippen molar-refractivity contribution >= 4 is 11.4 Å². The molecule has 6 rings (SSSR count). The van der Waals surface area contributed by atoms with Gasteiger partial charge in [-0.2, -0.15) is 0 Å². The number of hydrogen-bond donors (Lipinski definition) is 0. The number of carbonyl (C=O) groups excluding carboxylic acids is 1. The quantitative estimate of drug-likeness (QED) is 0.124. The van der Waals surface area contributed by atoms with Gasteiger partial charge < -0.3 is 14.2 Å². The van der Waals surface area contributed by atoms with Gasteiger partial charge in [0.1, 0.15) is 17.2 Å². The van der Waals surface area contributed by atoms with Crippen molar-refractivity contribution in [1.29, 1.82) is 0 Å². The molecule has 0 aromatic heterocycles. The van der Waals surface area contributed by atoms with Gasteiger partial charge in [0, 0.05) is 12.2 Å². The monoisotopic (exact) mass is 604 g/mol. The van der Waals surface area contributed by atoms with Crippen LogP contribution in [-0.4, -0.2) is 34.2 Å². The average molecular weight is 605 g/mol. The Hall–Kier alpha value is -5.61. The summed E-state index contributed by atoms with van der Waals surface area (Å²) in [6.45, 7) is 0. The maximum absolute atomic E-state index is 5.49. The van der Waals surface area contributed by atoms with Crippen LogP contribution >= 0.6 is 0 Å². The molecule has 0 unspecified atom stereocenters. The molecule has 4 heteroatoms. The van der Waals surface area contributed by atoms with Crippen LogP contribution in [0, 0.1) is 5.92 Å². The lowest BCUT2D eigenvalue weighted by atomic mass is 9.79. The first kappa shape index (κ1) is 30.4. The molecule has 0 saturated heterocycles. The molecule has 0 aliphatic heterocycles. The van der Waals surface area contributed by atoms with Crippen molar-refractivity contribution in [3.8, 4) is 28.4 Å². The molecule has 0 saturated carbocycles. The van der Waals surface area contributed by atoms with Gasteiger partial charge in [0.05, 0.1) is 27.2 Å². The fourth-order valence-corrected chi connectivity index (χ4v) is 5.86. The van der Waals surface area contributed by atoms with Crippen molar-refractivity contribution in [2.75, 3.05) is 28.4 Å². The number of benzene rings is 5.